The monoisotopic (exact) mass is 454 g/mol. The summed E-state index contributed by atoms with van der Waals surface area (Å²) in [4.78, 5) is 46.3. The van der Waals surface area contributed by atoms with E-state index in [-0.39, 0.29) is 17.4 Å². The lowest BCUT2D eigenvalue weighted by Crippen LogP contribution is -2.38. The molecule has 2 aliphatic rings. The number of aromatic nitrogens is 2. The molecule has 2 fully saturated rings. The Morgan fingerprint density at radius 1 is 1.12 bits per heavy atom. The third kappa shape index (κ3) is 3.85. The van der Waals surface area contributed by atoms with Crippen molar-refractivity contribution in [2.45, 2.75) is 39.2 Å². The Bertz CT molecular complexity index is 1210. The summed E-state index contributed by atoms with van der Waals surface area (Å²) < 4.78 is 7.56. The number of furan rings is 1. The van der Waals surface area contributed by atoms with Crippen molar-refractivity contribution < 1.29 is 14.0 Å². The molecule has 32 heavy (non-hydrogen) atoms. The van der Waals surface area contributed by atoms with Crippen LogP contribution in [0.3, 0.4) is 0 Å². The number of carbonyl (C=O) groups is 2. The first-order chi connectivity index (χ1) is 15.5. The van der Waals surface area contributed by atoms with Crippen molar-refractivity contribution in [3.63, 3.8) is 0 Å². The smallest absolute Gasteiger partial charge is 0.289 e. The summed E-state index contributed by atoms with van der Waals surface area (Å²) in [7, 11) is 0. The molecule has 5 heterocycles. The molecule has 5 rings (SSSR count). The topological polar surface area (TPSA) is 88.7 Å². The van der Waals surface area contributed by atoms with Crippen molar-refractivity contribution in [1.82, 2.24) is 19.4 Å². The molecule has 3 aromatic rings. The lowest BCUT2D eigenvalue weighted by atomic mass is 9.96. The molecule has 0 N–H and O–H groups in total. The number of piperidine rings is 1. The molecular formula is C23H26N4O4S. The zero-order chi connectivity index (χ0) is 22.2. The van der Waals surface area contributed by atoms with Gasteiger partial charge in [0.25, 0.3) is 11.5 Å². The predicted molar refractivity (Wildman–Crippen MR) is 122 cm³/mol. The predicted octanol–water partition coefficient (Wildman–Crippen LogP) is 3.21. The average Bonchev–Trinajstić information content (AvgIpc) is 3.56. The first kappa shape index (κ1) is 20.9. The number of nitrogens with zero attached hydrogens (tertiary/aromatic N) is 4. The van der Waals surface area contributed by atoms with Crippen molar-refractivity contribution in [2.24, 2.45) is 5.92 Å². The fraction of sp³-hybridized carbons (Fsp3) is 0.478. The summed E-state index contributed by atoms with van der Waals surface area (Å²) in [6, 6.07) is 3.45. The number of carbonyl (C=O) groups excluding carboxylic acids is 2. The van der Waals surface area contributed by atoms with Gasteiger partial charge in [0.2, 0.25) is 5.91 Å². The summed E-state index contributed by atoms with van der Waals surface area (Å²) in [6.07, 6.45) is 5.41. The van der Waals surface area contributed by atoms with Crippen molar-refractivity contribution in [2.75, 3.05) is 26.2 Å². The molecule has 0 saturated carbocycles. The number of hydrogen-bond acceptors (Lipinski definition) is 6. The maximum Gasteiger partial charge on any atom is 0.289 e. The number of likely N-dealkylation sites (tertiary alicyclic amines) is 2. The third-order valence-corrected chi connectivity index (χ3v) is 7.44. The van der Waals surface area contributed by atoms with Crippen molar-refractivity contribution in [3.8, 4) is 11.3 Å². The van der Waals surface area contributed by atoms with Gasteiger partial charge in [0.15, 0.2) is 5.76 Å². The van der Waals surface area contributed by atoms with Crippen LogP contribution in [-0.2, 0) is 11.3 Å². The molecule has 0 unspecified atom stereocenters. The molecule has 0 spiro atoms. The van der Waals surface area contributed by atoms with Crippen LogP contribution < -0.4 is 5.56 Å². The van der Waals surface area contributed by atoms with Gasteiger partial charge in [0.05, 0.1) is 11.7 Å². The van der Waals surface area contributed by atoms with Crippen LogP contribution in [0.5, 0.6) is 0 Å². The van der Waals surface area contributed by atoms with Gasteiger partial charge in [-0.3, -0.25) is 19.0 Å². The minimum absolute atomic E-state index is 0.0935. The molecule has 0 atom stereocenters. The second kappa shape index (κ2) is 8.54. The maximum absolute atomic E-state index is 13.3. The van der Waals surface area contributed by atoms with Gasteiger partial charge in [-0.25, -0.2) is 4.98 Å². The van der Waals surface area contributed by atoms with Crippen LogP contribution in [0.15, 0.2) is 33.1 Å². The quantitative estimate of drug-likeness (QED) is 0.604. The normalized spacial score (nSPS) is 17.4. The van der Waals surface area contributed by atoms with Gasteiger partial charge in [0, 0.05) is 50.6 Å². The van der Waals surface area contributed by atoms with Gasteiger partial charge < -0.3 is 14.2 Å². The summed E-state index contributed by atoms with van der Waals surface area (Å²) in [5.74, 6) is 1.17. The van der Waals surface area contributed by atoms with Crippen molar-refractivity contribution in [1.29, 1.82) is 0 Å². The lowest BCUT2D eigenvalue weighted by Gasteiger charge is -2.31. The molecule has 0 radical (unpaired) electrons. The second-order valence-corrected chi connectivity index (χ2v) is 9.50. The van der Waals surface area contributed by atoms with E-state index in [0.29, 0.717) is 39.8 Å². The van der Waals surface area contributed by atoms with Crippen LogP contribution in [0.2, 0.25) is 0 Å². The molecule has 168 valence electrons. The minimum atomic E-state index is -0.0966. The zero-order valence-corrected chi connectivity index (χ0v) is 18.9. The van der Waals surface area contributed by atoms with Crippen LogP contribution in [0.4, 0.5) is 0 Å². The average molecular weight is 455 g/mol. The first-order valence-corrected chi connectivity index (χ1v) is 12.0. The largest absolute Gasteiger partial charge is 0.451 e. The van der Waals surface area contributed by atoms with Crippen LogP contribution in [0.25, 0.3) is 21.5 Å². The molecule has 0 aromatic carbocycles. The summed E-state index contributed by atoms with van der Waals surface area (Å²) >= 11 is 1.40. The fourth-order valence-electron chi connectivity index (χ4n) is 4.66. The highest BCUT2D eigenvalue weighted by Gasteiger charge is 2.25. The van der Waals surface area contributed by atoms with Gasteiger partial charge in [-0.2, -0.15) is 0 Å². The Hall–Kier alpha value is -2.94. The van der Waals surface area contributed by atoms with Gasteiger partial charge >= 0.3 is 0 Å². The standard InChI is InChI=1S/C23H26N4O4S/c1-15(28)25-10-6-16(7-11-25)12-27-14-24-21-20(23(27)30)17(13-32-21)18-4-5-19(31-18)22(29)26-8-2-3-9-26/h4-5,13-14,16H,2-3,6-12H2,1H3. The van der Waals surface area contributed by atoms with Crippen molar-refractivity contribution in [3.05, 3.63) is 40.0 Å². The van der Waals surface area contributed by atoms with E-state index in [0.717, 1.165) is 51.9 Å². The molecule has 2 aliphatic heterocycles. The van der Waals surface area contributed by atoms with E-state index in [9.17, 15) is 14.4 Å². The van der Waals surface area contributed by atoms with Crippen molar-refractivity contribution >= 4 is 33.4 Å². The Labute approximate surface area is 189 Å². The number of hydrogen-bond donors (Lipinski definition) is 0. The Morgan fingerprint density at radius 2 is 1.88 bits per heavy atom. The molecule has 9 heteroatoms. The number of thiophene rings is 1. The maximum atomic E-state index is 13.3. The number of rotatable bonds is 4. The SMILES string of the molecule is CC(=O)N1CCC(Cn2cnc3scc(-c4ccc(C(=O)N5CCCC5)o4)c3c2=O)CC1. The van der Waals surface area contributed by atoms with Crippen LogP contribution >= 0.6 is 11.3 Å². The van der Waals surface area contributed by atoms with Crippen LogP contribution in [-0.4, -0.2) is 57.3 Å². The highest BCUT2D eigenvalue weighted by Crippen LogP contribution is 2.32. The molecule has 0 bridgehead atoms. The molecule has 0 aliphatic carbocycles. The lowest BCUT2D eigenvalue weighted by molar-refractivity contribution is -0.130. The number of fused-ring (bicyclic) bond motifs is 1. The van der Waals surface area contributed by atoms with E-state index in [2.05, 4.69) is 4.98 Å². The first-order valence-electron chi connectivity index (χ1n) is 11.1. The second-order valence-electron chi connectivity index (χ2n) is 8.64. The molecule has 8 nitrogen and oxygen atoms in total. The molecule has 2 saturated heterocycles. The minimum Gasteiger partial charge on any atom is -0.451 e. The molecule has 3 aromatic heterocycles. The zero-order valence-electron chi connectivity index (χ0n) is 18.1. The van der Waals surface area contributed by atoms with E-state index in [1.807, 2.05) is 10.3 Å². The van der Waals surface area contributed by atoms with E-state index < -0.39 is 0 Å². The highest BCUT2D eigenvalue weighted by atomic mass is 32.1. The molecule has 2 amide bonds. The number of amides is 2. The van der Waals surface area contributed by atoms with Gasteiger partial charge in [0.1, 0.15) is 10.6 Å². The van der Waals surface area contributed by atoms with Gasteiger partial charge in [-0.1, -0.05) is 0 Å². The van der Waals surface area contributed by atoms with Gasteiger partial charge in [-0.15, -0.1) is 11.3 Å². The third-order valence-electron chi connectivity index (χ3n) is 6.55. The summed E-state index contributed by atoms with van der Waals surface area (Å²) in [5.41, 5.74) is 0.591. The van der Waals surface area contributed by atoms with E-state index in [1.165, 1.54) is 11.3 Å². The van der Waals surface area contributed by atoms with E-state index in [4.69, 9.17) is 4.42 Å². The highest BCUT2D eigenvalue weighted by molar-refractivity contribution is 7.17. The summed E-state index contributed by atoms with van der Waals surface area (Å²) in [5, 5.41) is 2.41. The van der Waals surface area contributed by atoms with Crippen LogP contribution in [0.1, 0.15) is 43.2 Å². The molecular weight excluding hydrogens is 428 g/mol. The van der Waals surface area contributed by atoms with Crippen LogP contribution in [0, 0.1) is 5.92 Å². The Kier molecular flexibility index (Phi) is 5.58. The van der Waals surface area contributed by atoms with E-state index >= 15 is 0 Å². The van der Waals surface area contributed by atoms with Gasteiger partial charge in [-0.05, 0) is 43.7 Å². The van der Waals surface area contributed by atoms with E-state index in [1.54, 1.807) is 34.9 Å². The Morgan fingerprint density at radius 3 is 2.59 bits per heavy atom. The Balaban J connectivity index is 1.39. The summed E-state index contributed by atoms with van der Waals surface area (Å²) in [6.45, 7) is 5.16. The fourth-order valence-corrected chi connectivity index (χ4v) is 5.55.